The molecule has 6 rings (SSSR count). The average molecular weight is 673 g/mol. The number of pyridine rings is 1. The van der Waals surface area contributed by atoms with Crippen molar-refractivity contribution < 1.29 is 24.0 Å². The number of aryl methyl sites for hydroxylation is 1. The Kier molecular flexibility index (Phi) is 9.10. The molecule has 2 aromatic heterocycles. The van der Waals surface area contributed by atoms with E-state index >= 15 is 0 Å². The van der Waals surface area contributed by atoms with E-state index in [0.29, 0.717) is 11.8 Å². The van der Waals surface area contributed by atoms with Gasteiger partial charge in [-0.3, -0.25) is 28.8 Å². The first-order valence-electron chi connectivity index (χ1n) is 15.0. The zero-order valence-corrected chi connectivity index (χ0v) is 26.4. The molecular formula is C30H38BrN7O6. The van der Waals surface area contributed by atoms with Crippen molar-refractivity contribution >= 4 is 51.0 Å². The number of aromatic nitrogens is 3. The molecule has 4 amide bonds. The molecule has 13 nitrogen and oxygen atoms in total. The summed E-state index contributed by atoms with van der Waals surface area (Å²) >= 11 is 3.95. The number of nitrogens with zero attached hydrogens (tertiary/aromatic N) is 3. The third-order valence-electron chi connectivity index (χ3n) is 8.91. The Hall–Kier alpha value is -3.81. The molecule has 4 saturated carbocycles. The second-order valence-electron chi connectivity index (χ2n) is 12.5. The number of imidazole rings is 1. The molecule has 2 aromatic rings. The van der Waals surface area contributed by atoms with Crippen LogP contribution in [-0.2, 0) is 32.8 Å². The highest BCUT2D eigenvalue weighted by Gasteiger charge is 2.57. The van der Waals surface area contributed by atoms with Crippen LogP contribution in [0.15, 0.2) is 35.6 Å². The standard InChI is InChI=1S/C30H38BrN7O6/c1-3-33-27(43)23(39)7-6-20(34-26(42)22-14-32-17-37(22)2)25(41)35-21-5-4-8-38(28(21)44)15-24(40)36-30-12-18-9-19(13-30)11-29(31,10-18)16-30/h4-5,8,14,17-20H,3,6-7,9-13,15-16H2,1-2H3,(H,33,43)(H,34,42)(H,35,41)(H,36,40)/t18?,19?,20-,29?,30?/m0/s1. The molecule has 0 aromatic carbocycles. The van der Waals surface area contributed by atoms with Gasteiger partial charge in [0.15, 0.2) is 0 Å². The summed E-state index contributed by atoms with van der Waals surface area (Å²) < 4.78 is 2.77. The van der Waals surface area contributed by atoms with Gasteiger partial charge in [0, 0.05) is 36.1 Å². The number of likely N-dealkylation sites (N-methyl/N-ethyl adjacent to an activating group) is 1. The van der Waals surface area contributed by atoms with Crippen molar-refractivity contribution in [3.63, 3.8) is 0 Å². The molecule has 3 atom stereocenters. The molecule has 2 heterocycles. The van der Waals surface area contributed by atoms with Gasteiger partial charge in [0.1, 0.15) is 24.0 Å². The first-order chi connectivity index (χ1) is 20.9. The number of ketones is 1. The van der Waals surface area contributed by atoms with Gasteiger partial charge < -0.3 is 30.4 Å². The number of Topliss-reactive ketones (excluding diaryl/α,β-unsaturated/α-hetero) is 1. The topological polar surface area (TPSA) is 173 Å². The summed E-state index contributed by atoms with van der Waals surface area (Å²) in [6.45, 7) is 1.73. The van der Waals surface area contributed by atoms with Gasteiger partial charge in [-0.05, 0) is 75.8 Å². The van der Waals surface area contributed by atoms with Crippen molar-refractivity contribution in [2.75, 3.05) is 11.9 Å². The number of hydrogen-bond donors (Lipinski definition) is 4. The molecule has 4 bridgehead atoms. The van der Waals surface area contributed by atoms with Crippen molar-refractivity contribution in [3.05, 3.63) is 46.9 Å². The van der Waals surface area contributed by atoms with E-state index in [4.69, 9.17) is 0 Å². The van der Waals surface area contributed by atoms with Crippen LogP contribution in [0.3, 0.4) is 0 Å². The molecule has 14 heteroatoms. The van der Waals surface area contributed by atoms with Crippen LogP contribution in [0.25, 0.3) is 0 Å². The lowest BCUT2D eigenvalue weighted by Gasteiger charge is -2.60. The zero-order valence-electron chi connectivity index (χ0n) is 24.9. The van der Waals surface area contributed by atoms with Crippen molar-refractivity contribution in [2.45, 2.75) is 80.7 Å². The van der Waals surface area contributed by atoms with E-state index < -0.39 is 35.1 Å². The molecule has 44 heavy (non-hydrogen) atoms. The van der Waals surface area contributed by atoms with Crippen LogP contribution in [0.4, 0.5) is 5.69 Å². The smallest absolute Gasteiger partial charge is 0.287 e. The SMILES string of the molecule is CCNC(=O)C(=O)CC[C@H](NC(=O)c1cncn1C)C(=O)Nc1cccn(CC(=O)NC23CC4CC(CC(Br)(C4)C2)C3)c1=O. The van der Waals surface area contributed by atoms with E-state index in [-0.39, 0.29) is 53.1 Å². The van der Waals surface area contributed by atoms with E-state index in [1.54, 1.807) is 20.0 Å². The van der Waals surface area contributed by atoms with Gasteiger partial charge in [0.05, 0.1) is 12.5 Å². The second kappa shape index (κ2) is 12.7. The molecule has 0 spiro atoms. The van der Waals surface area contributed by atoms with Gasteiger partial charge in [0.25, 0.3) is 17.4 Å². The number of halogens is 1. The summed E-state index contributed by atoms with van der Waals surface area (Å²) in [7, 11) is 1.61. The molecule has 4 aliphatic rings. The lowest BCUT2D eigenvalue weighted by molar-refractivity contribution is -0.138. The predicted octanol–water partition coefficient (Wildman–Crippen LogP) is 1.41. The van der Waals surface area contributed by atoms with Crippen LogP contribution < -0.4 is 26.8 Å². The maximum Gasteiger partial charge on any atom is 0.287 e. The summed E-state index contributed by atoms with van der Waals surface area (Å²) in [4.78, 5) is 80.8. The van der Waals surface area contributed by atoms with E-state index in [1.807, 2.05) is 0 Å². The molecule has 236 valence electrons. The van der Waals surface area contributed by atoms with Crippen LogP contribution in [0.5, 0.6) is 0 Å². The number of rotatable bonds is 12. The van der Waals surface area contributed by atoms with Gasteiger partial charge >= 0.3 is 0 Å². The molecule has 0 radical (unpaired) electrons. The normalized spacial score (nSPS) is 25.6. The molecule has 4 fully saturated rings. The highest BCUT2D eigenvalue weighted by atomic mass is 79.9. The molecule has 0 saturated heterocycles. The van der Waals surface area contributed by atoms with Crippen LogP contribution in [0.1, 0.15) is 68.8 Å². The van der Waals surface area contributed by atoms with Crippen molar-refractivity contribution in [1.82, 2.24) is 30.1 Å². The van der Waals surface area contributed by atoms with Crippen molar-refractivity contribution in [2.24, 2.45) is 18.9 Å². The van der Waals surface area contributed by atoms with Gasteiger partial charge in [-0.25, -0.2) is 4.98 Å². The van der Waals surface area contributed by atoms with Gasteiger partial charge in [-0.2, -0.15) is 0 Å². The summed E-state index contributed by atoms with van der Waals surface area (Å²) in [5.74, 6) is -1.99. The Morgan fingerprint density at radius 2 is 1.86 bits per heavy atom. The maximum atomic E-state index is 13.4. The minimum atomic E-state index is -1.25. The fraction of sp³-hybridized carbons (Fsp3) is 0.567. The predicted molar refractivity (Wildman–Crippen MR) is 164 cm³/mol. The molecule has 4 aliphatic carbocycles. The largest absolute Gasteiger partial charge is 0.350 e. The summed E-state index contributed by atoms with van der Waals surface area (Å²) in [5, 5.41) is 10.8. The Bertz CT molecular complexity index is 1520. The van der Waals surface area contributed by atoms with Gasteiger partial charge in [-0.1, -0.05) is 15.9 Å². The number of nitrogens with one attached hydrogen (secondary N) is 4. The van der Waals surface area contributed by atoms with Crippen LogP contribution in [0.2, 0.25) is 0 Å². The highest BCUT2D eigenvalue weighted by molar-refractivity contribution is 9.10. The lowest BCUT2D eigenvalue weighted by Crippen LogP contribution is -2.64. The highest BCUT2D eigenvalue weighted by Crippen LogP contribution is 2.60. The first kappa shape index (κ1) is 31.6. The number of alkyl halides is 1. The molecule has 4 N–H and O–H groups in total. The van der Waals surface area contributed by atoms with E-state index in [9.17, 15) is 28.8 Å². The second-order valence-corrected chi connectivity index (χ2v) is 14.2. The van der Waals surface area contributed by atoms with Crippen LogP contribution in [0, 0.1) is 11.8 Å². The lowest BCUT2D eigenvalue weighted by atomic mass is 9.53. The summed E-state index contributed by atoms with van der Waals surface area (Å²) in [5.41, 5.74) is -0.774. The number of carbonyl (C=O) groups excluding carboxylic acids is 5. The Morgan fingerprint density at radius 1 is 1.14 bits per heavy atom. The zero-order chi connectivity index (χ0) is 31.6. The van der Waals surface area contributed by atoms with Crippen molar-refractivity contribution in [3.8, 4) is 0 Å². The first-order valence-corrected chi connectivity index (χ1v) is 15.8. The maximum absolute atomic E-state index is 13.4. The Balaban J connectivity index is 1.26. The van der Waals surface area contributed by atoms with Gasteiger partial charge in [0.2, 0.25) is 17.6 Å². The summed E-state index contributed by atoms with van der Waals surface area (Å²) in [6, 6.07) is 1.70. The quantitative estimate of drug-likeness (QED) is 0.195. The number of anilines is 1. The monoisotopic (exact) mass is 671 g/mol. The Labute approximate surface area is 263 Å². The minimum absolute atomic E-state index is 0.0680. The molecule has 0 aliphatic heterocycles. The summed E-state index contributed by atoms with van der Waals surface area (Å²) in [6.07, 6.45) is 9.96. The van der Waals surface area contributed by atoms with E-state index in [1.165, 1.54) is 40.3 Å². The fourth-order valence-electron chi connectivity index (χ4n) is 7.49. The number of amides is 4. The Morgan fingerprint density at radius 3 is 2.50 bits per heavy atom. The fourth-order valence-corrected chi connectivity index (χ4v) is 8.94. The number of carbonyl (C=O) groups is 5. The number of hydrogen-bond acceptors (Lipinski definition) is 7. The third-order valence-corrected chi connectivity index (χ3v) is 9.84. The molecule has 2 unspecified atom stereocenters. The van der Waals surface area contributed by atoms with E-state index in [0.717, 1.165) is 32.1 Å². The van der Waals surface area contributed by atoms with Crippen LogP contribution >= 0.6 is 15.9 Å². The molecular weight excluding hydrogens is 634 g/mol. The minimum Gasteiger partial charge on any atom is -0.350 e. The van der Waals surface area contributed by atoms with E-state index in [2.05, 4.69) is 42.2 Å². The van der Waals surface area contributed by atoms with Gasteiger partial charge in [-0.15, -0.1) is 0 Å². The third kappa shape index (κ3) is 6.95. The average Bonchev–Trinajstić information content (AvgIpc) is 3.37. The van der Waals surface area contributed by atoms with Crippen molar-refractivity contribution in [1.29, 1.82) is 0 Å². The van der Waals surface area contributed by atoms with Crippen LogP contribution in [-0.4, -0.2) is 66.0 Å².